The Morgan fingerprint density at radius 3 is 2.30 bits per heavy atom. The molecule has 0 aliphatic heterocycles. The SMILES string of the molecule is CCCC[C@H](NC(=O)c1ccccc1C(C)=O)C(=O)O. The van der Waals surface area contributed by atoms with Crippen LogP contribution in [0.3, 0.4) is 0 Å². The van der Waals surface area contributed by atoms with Crippen molar-refractivity contribution in [2.24, 2.45) is 0 Å². The first-order valence-electron chi connectivity index (χ1n) is 6.61. The quantitative estimate of drug-likeness (QED) is 0.749. The molecule has 0 saturated carbocycles. The fourth-order valence-corrected chi connectivity index (χ4v) is 1.89. The van der Waals surface area contributed by atoms with Crippen molar-refractivity contribution in [1.82, 2.24) is 5.32 Å². The molecule has 1 aromatic rings. The summed E-state index contributed by atoms with van der Waals surface area (Å²) in [5.74, 6) is -1.82. The third-order valence-corrected chi connectivity index (χ3v) is 3.00. The van der Waals surface area contributed by atoms with E-state index >= 15 is 0 Å². The van der Waals surface area contributed by atoms with Crippen molar-refractivity contribution >= 4 is 17.7 Å². The van der Waals surface area contributed by atoms with Crippen LogP contribution in [0.2, 0.25) is 0 Å². The van der Waals surface area contributed by atoms with E-state index in [1.165, 1.54) is 13.0 Å². The topological polar surface area (TPSA) is 83.5 Å². The average molecular weight is 277 g/mol. The highest BCUT2D eigenvalue weighted by atomic mass is 16.4. The molecule has 0 unspecified atom stereocenters. The fraction of sp³-hybridized carbons (Fsp3) is 0.400. The molecule has 5 nitrogen and oxygen atoms in total. The number of hydrogen-bond donors (Lipinski definition) is 2. The van der Waals surface area contributed by atoms with Crippen LogP contribution >= 0.6 is 0 Å². The standard InChI is InChI=1S/C15H19NO4/c1-3-4-9-13(15(19)20)16-14(18)12-8-6-5-7-11(12)10(2)17/h5-8,13H,3-4,9H2,1-2H3,(H,16,18)(H,19,20)/t13-/m0/s1. The highest BCUT2D eigenvalue weighted by molar-refractivity contribution is 6.07. The van der Waals surface area contributed by atoms with Gasteiger partial charge in [-0.3, -0.25) is 9.59 Å². The van der Waals surface area contributed by atoms with Gasteiger partial charge < -0.3 is 10.4 Å². The number of nitrogens with one attached hydrogen (secondary N) is 1. The Labute approximate surface area is 118 Å². The number of aliphatic carboxylic acids is 1. The van der Waals surface area contributed by atoms with E-state index in [9.17, 15) is 14.4 Å². The third kappa shape index (κ3) is 4.19. The van der Waals surface area contributed by atoms with Crippen molar-refractivity contribution in [1.29, 1.82) is 0 Å². The molecule has 1 amide bonds. The summed E-state index contributed by atoms with van der Waals surface area (Å²) in [6.45, 7) is 3.32. The van der Waals surface area contributed by atoms with E-state index in [0.29, 0.717) is 18.4 Å². The van der Waals surface area contributed by atoms with Crippen LogP contribution in [0, 0.1) is 0 Å². The second-order valence-electron chi connectivity index (χ2n) is 4.61. The minimum atomic E-state index is -1.06. The van der Waals surface area contributed by atoms with Gasteiger partial charge in [0.2, 0.25) is 0 Å². The number of unbranched alkanes of at least 4 members (excludes halogenated alkanes) is 1. The van der Waals surface area contributed by atoms with E-state index in [1.807, 2.05) is 6.92 Å². The number of ketones is 1. The summed E-state index contributed by atoms with van der Waals surface area (Å²) in [5, 5.41) is 11.6. The summed E-state index contributed by atoms with van der Waals surface area (Å²) in [4.78, 5) is 34.7. The highest BCUT2D eigenvalue weighted by Gasteiger charge is 2.22. The van der Waals surface area contributed by atoms with E-state index in [2.05, 4.69) is 5.32 Å². The van der Waals surface area contributed by atoms with E-state index < -0.39 is 17.9 Å². The van der Waals surface area contributed by atoms with Crippen LogP contribution < -0.4 is 5.32 Å². The first kappa shape index (κ1) is 15.9. The predicted molar refractivity (Wildman–Crippen MR) is 74.9 cm³/mol. The Balaban J connectivity index is 2.89. The molecule has 2 N–H and O–H groups in total. The molecular formula is C15H19NO4. The Bertz CT molecular complexity index is 510. The smallest absolute Gasteiger partial charge is 0.326 e. The number of hydrogen-bond acceptors (Lipinski definition) is 3. The van der Waals surface area contributed by atoms with Crippen LogP contribution in [-0.2, 0) is 4.79 Å². The maximum absolute atomic E-state index is 12.1. The van der Waals surface area contributed by atoms with Gasteiger partial charge in [-0.2, -0.15) is 0 Å². The Hall–Kier alpha value is -2.17. The summed E-state index contributed by atoms with van der Waals surface area (Å²) in [6.07, 6.45) is 1.94. The van der Waals surface area contributed by atoms with Gasteiger partial charge in [-0.25, -0.2) is 4.79 Å². The summed E-state index contributed by atoms with van der Waals surface area (Å²) in [6, 6.07) is 5.45. The first-order chi connectivity index (χ1) is 9.47. The van der Waals surface area contributed by atoms with E-state index in [0.717, 1.165) is 6.42 Å². The first-order valence-corrected chi connectivity index (χ1v) is 6.61. The van der Waals surface area contributed by atoms with Crippen molar-refractivity contribution in [2.45, 2.75) is 39.2 Å². The number of amides is 1. The maximum Gasteiger partial charge on any atom is 0.326 e. The monoisotopic (exact) mass is 277 g/mol. The number of benzene rings is 1. The highest BCUT2D eigenvalue weighted by Crippen LogP contribution is 2.11. The molecule has 5 heteroatoms. The lowest BCUT2D eigenvalue weighted by Crippen LogP contribution is -2.41. The number of carbonyl (C=O) groups excluding carboxylic acids is 2. The van der Waals surface area contributed by atoms with E-state index in [4.69, 9.17) is 5.11 Å². The zero-order chi connectivity index (χ0) is 15.1. The van der Waals surface area contributed by atoms with Crippen LogP contribution in [0.25, 0.3) is 0 Å². The number of carboxylic acid groups (broad SMARTS) is 1. The number of carbonyl (C=O) groups is 3. The Kier molecular flexibility index (Phi) is 5.90. The van der Waals surface area contributed by atoms with Gasteiger partial charge in [-0.1, -0.05) is 38.0 Å². The molecule has 1 atom stereocenters. The molecule has 0 aromatic heterocycles. The third-order valence-electron chi connectivity index (χ3n) is 3.00. The van der Waals surface area contributed by atoms with E-state index in [1.54, 1.807) is 18.2 Å². The molecule has 0 aliphatic carbocycles. The minimum absolute atomic E-state index is 0.211. The van der Waals surface area contributed by atoms with Gasteiger partial charge in [0.15, 0.2) is 5.78 Å². The van der Waals surface area contributed by atoms with Crippen LogP contribution in [0.4, 0.5) is 0 Å². The second-order valence-corrected chi connectivity index (χ2v) is 4.61. The van der Waals surface area contributed by atoms with Gasteiger partial charge in [0.25, 0.3) is 5.91 Å². The Morgan fingerprint density at radius 1 is 1.20 bits per heavy atom. The summed E-state index contributed by atoms with van der Waals surface area (Å²) in [5.41, 5.74) is 0.507. The molecule has 0 radical (unpaired) electrons. The lowest BCUT2D eigenvalue weighted by atomic mass is 10.0. The zero-order valence-electron chi connectivity index (χ0n) is 11.7. The number of carboxylic acids is 1. The number of Topliss-reactive ketones (excluding diaryl/α,β-unsaturated/α-hetero) is 1. The van der Waals surface area contributed by atoms with Gasteiger partial charge in [-0.15, -0.1) is 0 Å². The van der Waals surface area contributed by atoms with Crippen molar-refractivity contribution in [2.75, 3.05) is 0 Å². The number of rotatable bonds is 7. The van der Waals surface area contributed by atoms with Gasteiger partial charge in [0.1, 0.15) is 6.04 Å². The normalized spacial score (nSPS) is 11.7. The summed E-state index contributed by atoms with van der Waals surface area (Å²) in [7, 11) is 0. The lowest BCUT2D eigenvalue weighted by Gasteiger charge is -2.15. The molecule has 1 rings (SSSR count). The molecule has 0 heterocycles. The van der Waals surface area contributed by atoms with Gasteiger partial charge in [-0.05, 0) is 19.4 Å². The molecular weight excluding hydrogens is 258 g/mol. The fourth-order valence-electron chi connectivity index (χ4n) is 1.89. The molecule has 0 spiro atoms. The molecule has 1 aromatic carbocycles. The van der Waals surface area contributed by atoms with Gasteiger partial charge in [0.05, 0.1) is 5.56 Å². The van der Waals surface area contributed by atoms with Gasteiger partial charge >= 0.3 is 5.97 Å². The van der Waals surface area contributed by atoms with Crippen LogP contribution in [0.1, 0.15) is 53.8 Å². The van der Waals surface area contributed by atoms with Crippen LogP contribution in [0.15, 0.2) is 24.3 Å². The molecule has 0 aliphatic rings. The van der Waals surface area contributed by atoms with E-state index in [-0.39, 0.29) is 11.3 Å². The van der Waals surface area contributed by atoms with Crippen LogP contribution in [0.5, 0.6) is 0 Å². The van der Waals surface area contributed by atoms with Crippen LogP contribution in [-0.4, -0.2) is 28.8 Å². The molecule has 0 fully saturated rings. The average Bonchev–Trinajstić information content (AvgIpc) is 2.42. The van der Waals surface area contributed by atoms with Crippen molar-refractivity contribution < 1.29 is 19.5 Å². The second kappa shape index (κ2) is 7.43. The van der Waals surface area contributed by atoms with Crippen molar-refractivity contribution in [3.05, 3.63) is 35.4 Å². The maximum atomic E-state index is 12.1. The zero-order valence-corrected chi connectivity index (χ0v) is 11.7. The van der Waals surface area contributed by atoms with Gasteiger partial charge in [0, 0.05) is 5.56 Å². The van der Waals surface area contributed by atoms with Crippen molar-refractivity contribution in [3.8, 4) is 0 Å². The minimum Gasteiger partial charge on any atom is -0.480 e. The summed E-state index contributed by atoms with van der Waals surface area (Å²) < 4.78 is 0. The molecule has 108 valence electrons. The van der Waals surface area contributed by atoms with Crippen molar-refractivity contribution in [3.63, 3.8) is 0 Å². The largest absolute Gasteiger partial charge is 0.480 e. The Morgan fingerprint density at radius 2 is 1.80 bits per heavy atom. The lowest BCUT2D eigenvalue weighted by molar-refractivity contribution is -0.139. The molecule has 0 saturated heterocycles. The molecule has 20 heavy (non-hydrogen) atoms. The predicted octanol–water partition coefficient (Wildman–Crippen LogP) is 2.26. The summed E-state index contributed by atoms with van der Waals surface area (Å²) >= 11 is 0. The molecule has 0 bridgehead atoms.